The second-order valence-electron chi connectivity index (χ2n) is 4.10. The number of urea groups is 1. The van der Waals surface area contributed by atoms with Crippen LogP contribution in [0.1, 0.15) is 13.3 Å². The first kappa shape index (κ1) is 14.0. The second-order valence-corrected chi connectivity index (χ2v) is 4.10. The minimum atomic E-state index is -0.488. The van der Waals surface area contributed by atoms with Gasteiger partial charge in [0.25, 0.3) is 0 Å². The van der Waals surface area contributed by atoms with Crippen molar-refractivity contribution in [1.29, 1.82) is 5.41 Å². The second kappa shape index (κ2) is 6.00. The van der Waals surface area contributed by atoms with E-state index >= 15 is 0 Å². The molecule has 1 aromatic rings. The predicted octanol–water partition coefficient (Wildman–Crippen LogP) is 2.00. The van der Waals surface area contributed by atoms with Crippen LogP contribution in [0.2, 0.25) is 0 Å². The fourth-order valence-electron chi connectivity index (χ4n) is 1.42. The number of nitrogens with zero attached hydrogens (tertiary/aromatic N) is 1. The van der Waals surface area contributed by atoms with Crippen LogP contribution in [0.25, 0.3) is 0 Å². The lowest BCUT2D eigenvalue weighted by molar-refractivity contribution is 0.209. The average Bonchev–Trinajstić information content (AvgIpc) is 2.30. The number of para-hydroxylation sites is 1. The van der Waals surface area contributed by atoms with Crippen LogP contribution in [0.5, 0.6) is 0 Å². The molecule has 0 radical (unpaired) electrons. The summed E-state index contributed by atoms with van der Waals surface area (Å²) < 4.78 is 13.3. The predicted molar refractivity (Wildman–Crippen MR) is 69.2 cm³/mol. The number of rotatable bonds is 4. The Morgan fingerprint density at radius 2 is 2.17 bits per heavy atom. The van der Waals surface area contributed by atoms with E-state index in [-0.39, 0.29) is 24.0 Å². The number of carbonyl (C=O) groups is 1. The van der Waals surface area contributed by atoms with Crippen LogP contribution in [-0.2, 0) is 0 Å². The van der Waals surface area contributed by atoms with E-state index in [0.29, 0.717) is 0 Å². The normalized spacial score (nSPS) is 11.7. The van der Waals surface area contributed by atoms with E-state index in [1.54, 1.807) is 26.1 Å². The third kappa shape index (κ3) is 3.73. The number of amidine groups is 1. The number of hydrogen-bond donors (Lipinski definition) is 3. The quantitative estimate of drug-likeness (QED) is 0.566. The molecule has 0 saturated carbocycles. The molecule has 98 valence electrons. The molecular formula is C12H17FN4O. The maximum atomic E-state index is 13.3. The zero-order valence-electron chi connectivity index (χ0n) is 10.4. The van der Waals surface area contributed by atoms with Crippen LogP contribution in [0.3, 0.4) is 0 Å². The van der Waals surface area contributed by atoms with Gasteiger partial charge >= 0.3 is 6.03 Å². The topological polar surface area (TPSA) is 82.2 Å². The fourth-order valence-corrected chi connectivity index (χ4v) is 1.42. The number of anilines is 1. The van der Waals surface area contributed by atoms with Gasteiger partial charge in [-0.3, -0.25) is 5.41 Å². The van der Waals surface area contributed by atoms with Crippen LogP contribution in [0.15, 0.2) is 24.3 Å². The molecule has 0 saturated heterocycles. The lowest BCUT2D eigenvalue weighted by Crippen LogP contribution is -2.40. The summed E-state index contributed by atoms with van der Waals surface area (Å²) in [7, 11) is 1.57. The molecular weight excluding hydrogens is 235 g/mol. The van der Waals surface area contributed by atoms with Crippen molar-refractivity contribution in [3.05, 3.63) is 30.1 Å². The van der Waals surface area contributed by atoms with Gasteiger partial charge in [0.15, 0.2) is 0 Å². The Kier molecular flexibility index (Phi) is 4.65. The van der Waals surface area contributed by atoms with Gasteiger partial charge in [-0.2, -0.15) is 0 Å². The van der Waals surface area contributed by atoms with E-state index in [1.807, 2.05) is 0 Å². The third-order valence-corrected chi connectivity index (χ3v) is 2.61. The molecule has 0 fully saturated rings. The van der Waals surface area contributed by atoms with Crippen LogP contribution in [0, 0.1) is 11.2 Å². The number of benzene rings is 1. The number of nitrogens with one attached hydrogen (secondary N) is 2. The van der Waals surface area contributed by atoms with Crippen molar-refractivity contribution in [3.8, 4) is 0 Å². The number of carbonyl (C=O) groups excluding carboxylic acids is 1. The van der Waals surface area contributed by atoms with Crippen molar-refractivity contribution in [2.24, 2.45) is 5.73 Å². The number of amides is 2. The van der Waals surface area contributed by atoms with Crippen molar-refractivity contribution >= 4 is 17.6 Å². The molecule has 6 heteroatoms. The van der Waals surface area contributed by atoms with E-state index in [9.17, 15) is 9.18 Å². The highest BCUT2D eigenvalue weighted by Gasteiger charge is 2.17. The first-order chi connectivity index (χ1) is 8.41. The monoisotopic (exact) mass is 252 g/mol. The van der Waals surface area contributed by atoms with Gasteiger partial charge in [-0.05, 0) is 19.1 Å². The Morgan fingerprint density at radius 3 is 2.72 bits per heavy atom. The molecule has 0 aromatic heterocycles. The van der Waals surface area contributed by atoms with Gasteiger partial charge in [0, 0.05) is 19.5 Å². The molecule has 1 aromatic carbocycles. The molecule has 0 spiro atoms. The summed E-state index contributed by atoms with van der Waals surface area (Å²) in [5, 5.41) is 9.64. The summed E-state index contributed by atoms with van der Waals surface area (Å²) in [6, 6.07) is 5.28. The SMILES string of the molecule is CC(CC(=N)N)N(C)C(=O)Nc1ccccc1F. The smallest absolute Gasteiger partial charge is 0.321 e. The molecule has 0 aliphatic carbocycles. The number of halogens is 1. The third-order valence-electron chi connectivity index (χ3n) is 2.61. The average molecular weight is 252 g/mol. The van der Waals surface area contributed by atoms with Crippen molar-refractivity contribution in [2.75, 3.05) is 12.4 Å². The molecule has 0 heterocycles. The highest BCUT2D eigenvalue weighted by molar-refractivity contribution is 5.90. The zero-order valence-corrected chi connectivity index (χ0v) is 10.4. The maximum absolute atomic E-state index is 13.3. The van der Waals surface area contributed by atoms with Crippen LogP contribution in [0.4, 0.5) is 14.9 Å². The molecule has 4 N–H and O–H groups in total. The summed E-state index contributed by atoms with van der Waals surface area (Å²) in [6.45, 7) is 1.77. The maximum Gasteiger partial charge on any atom is 0.321 e. The summed E-state index contributed by atoms with van der Waals surface area (Å²) in [4.78, 5) is 13.2. The van der Waals surface area contributed by atoms with E-state index in [0.717, 1.165) is 0 Å². The van der Waals surface area contributed by atoms with Gasteiger partial charge in [-0.1, -0.05) is 12.1 Å². The van der Waals surface area contributed by atoms with Crippen molar-refractivity contribution in [1.82, 2.24) is 4.90 Å². The van der Waals surface area contributed by atoms with Crippen molar-refractivity contribution in [3.63, 3.8) is 0 Å². The summed E-state index contributed by atoms with van der Waals surface area (Å²) in [6.07, 6.45) is 0.279. The molecule has 5 nitrogen and oxygen atoms in total. The Balaban J connectivity index is 2.65. The molecule has 1 rings (SSSR count). The van der Waals surface area contributed by atoms with Crippen LogP contribution < -0.4 is 11.1 Å². The van der Waals surface area contributed by atoms with Crippen molar-refractivity contribution < 1.29 is 9.18 Å². The Bertz CT molecular complexity index is 449. The summed E-state index contributed by atoms with van der Waals surface area (Å²) >= 11 is 0. The zero-order chi connectivity index (χ0) is 13.7. The van der Waals surface area contributed by atoms with Gasteiger partial charge in [0.05, 0.1) is 11.5 Å². The highest BCUT2D eigenvalue weighted by Crippen LogP contribution is 2.13. The van der Waals surface area contributed by atoms with Gasteiger partial charge in [0.2, 0.25) is 0 Å². The minimum Gasteiger partial charge on any atom is -0.388 e. The molecule has 1 atom stereocenters. The van der Waals surface area contributed by atoms with Crippen LogP contribution in [-0.4, -0.2) is 29.9 Å². The molecule has 18 heavy (non-hydrogen) atoms. The van der Waals surface area contributed by atoms with E-state index in [4.69, 9.17) is 11.1 Å². The molecule has 1 unspecified atom stereocenters. The fraction of sp³-hybridized carbons (Fsp3) is 0.333. The van der Waals surface area contributed by atoms with Crippen LogP contribution >= 0.6 is 0 Å². The summed E-state index contributed by atoms with van der Waals surface area (Å²) in [5.41, 5.74) is 5.40. The Hall–Kier alpha value is -2.11. The van der Waals surface area contributed by atoms with Gasteiger partial charge < -0.3 is 16.0 Å². The van der Waals surface area contributed by atoms with Gasteiger partial charge in [-0.15, -0.1) is 0 Å². The lowest BCUT2D eigenvalue weighted by Gasteiger charge is -2.24. The summed E-state index contributed by atoms with van der Waals surface area (Å²) in [5.74, 6) is -0.480. The van der Waals surface area contributed by atoms with Gasteiger partial charge in [-0.25, -0.2) is 9.18 Å². The van der Waals surface area contributed by atoms with E-state index in [1.165, 1.54) is 17.0 Å². The highest BCUT2D eigenvalue weighted by atomic mass is 19.1. The lowest BCUT2D eigenvalue weighted by atomic mass is 10.2. The number of hydrogen-bond acceptors (Lipinski definition) is 2. The van der Waals surface area contributed by atoms with E-state index in [2.05, 4.69) is 5.32 Å². The molecule has 0 aliphatic rings. The van der Waals surface area contributed by atoms with Gasteiger partial charge in [0.1, 0.15) is 5.82 Å². The molecule has 0 aliphatic heterocycles. The standard InChI is InChI=1S/C12H17FN4O/c1-8(7-11(14)15)17(2)12(18)16-10-6-4-3-5-9(10)13/h3-6,8H,7H2,1-2H3,(H3,14,15)(H,16,18). The first-order valence-corrected chi connectivity index (χ1v) is 5.53. The Labute approximate surface area is 105 Å². The number of nitrogens with two attached hydrogens (primary N) is 1. The molecule has 0 bridgehead atoms. The first-order valence-electron chi connectivity index (χ1n) is 5.53. The Morgan fingerprint density at radius 1 is 1.56 bits per heavy atom. The largest absolute Gasteiger partial charge is 0.388 e. The minimum absolute atomic E-state index is 0.00745. The van der Waals surface area contributed by atoms with Crippen molar-refractivity contribution in [2.45, 2.75) is 19.4 Å². The van der Waals surface area contributed by atoms with E-state index < -0.39 is 11.8 Å². The molecule has 2 amide bonds.